The van der Waals surface area contributed by atoms with E-state index in [4.69, 9.17) is 4.52 Å². The van der Waals surface area contributed by atoms with Crippen LogP contribution in [0.15, 0.2) is 53.2 Å². The molecular formula is C14H13N5O. The third kappa shape index (κ3) is 2.92. The molecule has 1 aromatic carbocycles. The number of anilines is 4. The molecule has 0 spiro atoms. The lowest BCUT2D eigenvalue weighted by molar-refractivity contribution is 0.400. The Balaban J connectivity index is 1.76. The third-order valence-electron chi connectivity index (χ3n) is 2.57. The number of hydrogen-bond donors (Lipinski definition) is 2. The lowest BCUT2D eigenvalue weighted by Gasteiger charge is -2.06. The van der Waals surface area contributed by atoms with Crippen molar-refractivity contribution in [1.82, 2.24) is 15.1 Å². The summed E-state index contributed by atoms with van der Waals surface area (Å²) in [6.07, 6.45) is 1.67. The van der Waals surface area contributed by atoms with Gasteiger partial charge < -0.3 is 15.2 Å². The van der Waals surface area contributed by atoms with Gasteiger partial charge in [-0.2, -0.15) is 4.98 Å². The van der Waals surface area contributed by atoms with Crippen LogP contribution in [-0.4, -0.2) is 15.1 Å². The summed E-state index contributed by atoms with van der Waals surface area (Å²) in [7, 11) is 0. The Kier molecular flexibility index (Phi) is 3.28. The van der Waals surface area contributed by atoms with Gasteiger partial charge in [0.1, 0.15) is 11.6 Å². The van der Waals surface area contributed by atoms with Gasteiger partial charge in [-0.3, -0.25) is 0 Å². The Morgan fingerprint density at radius 1 is 1.00 bits per heavy atom. The highest BCUT2D eigenvalue weighted by Gasteiger charge is 2.03. The molecule has 0 aliphatic heterocycles. The molecule has 6 nitrogen and oxygen atoms in total. The summed E-state index contributed by atoms with van der Waals surface area (Å²) in [5.41, 5.74) is 0.932. The van der Waals surface area contributed by atoms with Crippen LogP contribution in [0.3, 0.4) is 0 Å². The average Bonchev–Trinajstić information content (AvgIpc) is 2.86. The van der Waals surface area contributed by atoms with Crippen molar-refractivity contribution < 1.29 is 4.52 Å². The maximum absolute atomic E-state index is 4.99. The monoisotopic (exact) mass is 267 g/mol. The van der Waals surface area contributed by atoms with Gasteiger partial charge >= 0.3 is 0 Å². The van der Waals surface area contributed by atoms with Gasteiger partial charge in [-0.05, 0) is 25.1 Å². The van der Waals surface area contributed by atoms with Gasteiger partial charge in [0.25, 0.3) is 0 Å². The van der Waals surface area contributed by atoms with Crippen LogP contribution in [0.1, 0.15) is 5.76 Å². The molecule has 2 aromatic heterocycles. The summed E-state index contributed by atoms with van der Waals surface area (Å²) in [5, 5.41) is 10.0. The molecule has 0 aliphatic carbocycles. The van der Waals surface area contributed by atoms with Gasteiger partial charge in [0.05, 0.1) is 0 Å². The maximum Gasteiger partial charge on any atom is 0.229 e. The zero-order valence-electron chi connectivity index (χ0n) is 10.9. The molecule has 20 heavy (non-hydrogen) atoms. The van der Waals surface area contributed by atoms with E-state index < -0.39 is 0 Å². The van der Waals surface area contributed by atoms with E-state index in [1.54, 1.807) is 18.3 Å². The molecule has 0 aliphatic rings. The zero-order chi connectivity index (χ0) is 13.8. The minimum Gasteiger partial charge on any atom is -0.360 e. The maximum atomic E-state index is 4.99. The van der Waals surface area contributed by atoms with Crippen molar-refractivity contribution in [3.8, 4) is 0 Å². The summed E-state index contributed by atoms with van der Waals surface area (Å²) >= 11 is 0. The Morgan fingerprint density at radius 2 is 1.85 bits per heavy atom. The summed E-state index contributed by atoms with van der Waals surface area (Å²) < 4.78 is 4.99. The molecule has 0 atom stereocenters. The SMILES string of the molecule is Cc1cc(Nc2ccnc(Nc3ccccc3)n2)no1. The van der Waals surface area contributed by atoms with Crippen molar-refractivity contribution in [1.29, 1.82) is 0 Å². The summed E-state index contributed by atoms with van der Waals surface area (Å²) in [6, 6.07) is 13.3. The number of benzene rings is 1. The van der Waals surface area contributed by atoms with Crippen molar-refractivity contribution >= 4 is 23.3 Å². The van der Waals surface area contributed by atoms with Gasteiger partial charge in [-0.25, -0.2) is 4.98 Å². The molecule has 6 heteroatoms. The number of nitrogens with one attached hydrogen (secondary N) is 2. The molecule has 3 aromatic rings. The lowest BCUT2D eigenvalue weighted by atomic mass is 10.3. The molecule has 0 saturated heterocycles. The minimum absolute atomic E-state index is 0.515. The van der Waals surface area contributed by atoms with Crippen molar-refractivity contribution in [3.63, 3.8) is 0 Å². The second-order valence-corrected chi connectivity index (χ2v) is 4.20. The molecule has 3 rings (SSSR count). The van der Waals surface area contributed by atoms with Crippen LogP contribution in [0.25, 0.3) is 0 Å². The first-order valence-corrected chi connectivity index (χ1v) is 6.15. The van der Waals surface area contributed by atoms with E-state index in [9.17, 15) is 0 Å². The summed E-state index contributed by atoms with van der Waals surface area (Å²) in [4.78, 5) is 8.53. The second kappa shape index (κ2) is 5.40. The summed E-state index contributed by atoms with van der Waals surface area (Å²) in [5.74, 6) is 2.52. The number of para-hydroxylation sites is 1. The van der Waals surface area contributed by atoms with Gasteiger partial charge in [0, 0.05) is 18.0 Å². The second-order valence-electron chi connectivity index (χ2n) is 4.20. The number of nitrogens with zero attached hydrogens (tertiary/aromatic N) is 3. The molecule has 2 heterocycles. The van der Waals surface area contributed by atoms with Crippen LogP contribution < -0.4 is 10.6 Å². The van der Waals surface area contributed by atoms with E-state index in [0.717, 1.165) is 11.4 Å². The summed E-state index contributed by atoms with van der Waals surface area (Å²) in [6.45, 7) is 1.83. The van der Waals surface area contributed by atoms with Gasteiger partial charge in [0.15, 0.2) is 5.82 Å². The Hall–Kier alpha value is -2.89. The molecular weight excluding hydrogens is 254 g/mol. The fraction of sp³-hybridized carbons (Fsp3) is 0.0714. The van der Waals surface area contributed by atoms with E-state index in [-0.39, 0.29) is 0 Å². The van der Waals surface area contributed by atoms with Crippen LogP contribution >= 0.6 is 0 Å². The number of aromatic nitrogens is 3. The van der Waals surface area contributed by atoms with Crippen molar-refractivity contribution in [3.05, 3.63) is 54.4 Å². The molecule has 0 fully saturated rings. The van der Waals surface area contributed by atoms with Crippen molar-refractivity contribution in [2.45, 2.75) is 6.92 Å². The van der Waals surface area contributed by atoms with Crippen LogP contribution in [0.5, 0.6) is 0 Å². The molecule has 0 saturated carbocycles. The fourth-order valence-corrected chi connectivity index (χ4v) is 1.70. The molecule has 0 amide bonds. The normalized spacial score (nSPS) is 10.2. The first-order valence-electron chi connectivity index (χ1n) is 6.15. The average molecular weight is 267 g/mol. The van der Waals surface area contributed by atoms with E-state index in [1.807, 2.05) is 37.3 Å². The lowest BCUT2D eigenvalue weighted by Crippen LogP contribution is -2.00. The van der Waals surface area contributed by atoms with Crippen LogP contribution in [0.4, 0.5) is 23.3 Å². The van der Waals surface area contributed by atoms with Gasteiger partial charge in [-0.15, -0.1) is 0 Å². The fourth-order valence-electron chi connectivity index (χ4n) is 1.70. The molecule has 0 radical (unpaired) electrons. The molecule has 2 N–H and O–H groups in total. The highest BCUT2D eigenvalue weighted by atomic mass is 16.5. The van der Waals surface area contributed by atoms with E-state index in [0.29, 0.717) is 17.6 Å². The van der Waals surface area contributed by atoms with E-state index in [2.05, 4.69) is 25.8 Å². The van der Waals surface area contributed by atoms with Crippen LogP contribution in [0, 0.1) is 6.92 Å². The predicted octanol–water partition coefficient (Wildman–Crippen LogP) is 3.26. The topological polar surface area (TPSA) is 75.9 Å². The van der Waals surface area contributed by atoms with Gasteiger partial charge in [-0.1, -0.05) is 23.4 Å². The highest BCUT2D eigenvalue weighted by molar-refractivity contribution is 5.57. The minimum atomic E-state index is 0.515. The predicted molar refractivity (Wildman–Crippen MR) is 76.3 cm³/mol. The number of hydrogen-bond acceptors (Lipinski definition) is 6. The first-order chi connectivity index (χ1) is 9.79. The molecule has 100 valence electrons. The Bertz CT molecular complexity index is 696. The number of rotatable bonds is 4. The van der Waals surface area contributed by atoms with Crippen LogP contribution in [-0.2, 0) is 0 Å². The molecule has 0 bridgehead atoms. The standard InChI is InChI=1S/C14H13N5O/c1-10-9-13(19-20-10)17-12-7-8-15-14(18-12)16-11-5-3-2-4-6-11/h2-9H,1H3,(H2,15,16,17,18,19). The van der Waals surface area contributed by atoms with Crippen molar-refractivity contribution in [2.24, 2.45) is 0 Å². The first kappa shape index (κ1) is 12.2. The molecule has 0 unspecified atom stereocenters. The Morgan fingerprint density at radius 3 is 2.60 bits per heavy atom. The van der Waals surface area contributed by atoms with Crippen molar-refractivity contribution in [2.75, 3.05) is 10.6 Å². The van der Waals surface area contributed by atoms with E-state index >= 15 is 0 Å². The largest absolute Gasteiger partial charge is 0.360 e. The van der Waals surface area contributed by atoms with E-state index in [1.165, 1.54) is 0 Å². The quantitative estimate of drug-likeness (QED) is 0.755. The third-order valence-corrected chi connectivity index (χ3v) is 2.57. The Labute approximate surface area is 115 Å². The highest BCUT2D eigenvalue weighted by Crippen LogP contribution is 2.17. The smallest absolute Gasteiger partial charge is 0.229 e. The van der Waals surface area contributed by atoms with Gasteiger partial charge in [0.2, 0.25) is 5.95 Å². The zero-order valence-corrected chi connectivity index (χ0v) is 10.9. The number of aryl methyl sites for hydroxylation is 1. The van der Waals surface area contributed by atoms with Crippen LogP contribution in [0.2, 0.25) is 0 Å².